The molecule has 0 bridgehead atoms. The van der Waals surface area contributed by atoms with Gasteiger partial charge in [-0.25, -0.2) is 15.0 Å². The monoisotopic (exact) mass is 247 g/mol. The van der Waals surface area contributed by atoms with Crippen LogP contribution < -0.4 is 5.32 Å². The molecule has 2 aromatic heterocycles. The number of hydrogen-bond acceptors (Lipinski definition) is 5. The van der Waals surface area contributed by atoms with Gasteiger partial charge in [-0.2, -0.15) is 0 Å². The van der Waals surface area contributed by atoms with Crippen molar-refractivity contribution < 1.29 is 4.74 Å². The molecule has 0 aromatic carbocycles. The van der Waals surface area contributed by atoms with Crippen LogP contribution in [0.5, 0.6) is 0 Å². The Bertz CT molecular complexity index is 497. The summed E-state index contributed by atoms with van der Waals surface area (Å²) in [7, 11) is 1.69. The van der Waals surface area contributed by atoms with Crippen molar-refractivity contribution in [3.63, 3.8) is 0 Å². The smallest absolute Gasteiger partial charge is 0.203 e. The molecule has 0 aliphatic carbocycles. The lowest BCUT2D eigenvalue weighted by Crippen LogP contribution is -2.11. The lowest BCUT2D eigenvalue weighted by molar-refractivity contribution is 0.187. The fourth-order valence-electron chi connectivity index (χ4n) is 1.62. The van der Waals surface area contributed by atoms with Gasteiger partial charge in [-0.05, 0) is 13.0 Å². The lowest BCUT2D eigenvalue weighted by Gasteiger charge is -2.09. The van der Waals surface area contributed by atoms with E-state index in [-0.39, 0.29) is 0 Å². The minimum Gasteiger partial charge on any atom is -0.383 e. The first-order chi connectivity index (χ1) is 8.79. The summed E-state index contributed by atoms with van der Waals surface area (Å²) in [6.07, 6.45) is 5.45. The Balaban J connectivity index is 1.95. The first kappa shape index (κ1) is 12.5. The zero-order valence-corrected chi connectivity index (χ0v) is 10.6. The number of anilines is 1. The molecule has 2 rings (SSSR count). The normalized spacial score (nSPS) is 10.6. The number of nitrogens with one attached hydrogen (secondary N) is 1. The van der Waals surface area contributed by atoms with Crippen molar-refractivity contribution in [2.24, 2.45) is 0 Å². The summed E-state index contributed by atoms with van der Waals surface area (Å²) in [5, 5.41) is 3.25. The minimum atomic E-state index is 0.632. The van der Waals surface area contributed by atoms with Gasteiger partial charge in [-0.3, -0.25) is 0 Å². The Morgan fingerprint density at radius 3 is 3.00 bits per heavy atom. The highest BCUT2D eigenvalue weighted by Gasteiger charge is 2.02. The molecule has 96 valence electrons. The average molecular weight is 247 g/mol. The molecule has 0 saturated heterocycles. The third-order valence-electron chi connectivity index (χ3n) is 2.51. The van der Waals surface area contributed by atoms with Crippen molar-refractivity contribution in [2.45, 2.75) is 20.0 Å². The van der Waals surface area contributed by atoms with Crippen molar-refractivity contribution in [3.05, 3.63) is 36.2 Å². The first-order valence-corrected chi connectivity index (χ1v) is 5.82. The molecule has 0 fully saturated rings. The number of hydrogen-bond donors (Lipinski definition) is 1. The maximum Gasteiger partial charge on any atom is 0.203 e. The summed E-state index contributed by atoms with van der Waals surface area (Å²) in [4.78, 5) is 12.7. The Morgan fingerprint density at radius 2 is 2.22 bits per heavy atom. The Morgan fingerprint density at radius 1 is 1.33 bits per heavy atom. The molecule has 0 aliphatic rings. The van der Waals surface area contributed by atoms with Gasteiger partial charge in [-0.15, -0.1) is 0 Å². The van der Waals surface area contributed by atoms with Crippen LogP contribution in [0.1, 0.15) is 11.5 Å². The van der Waals surface area contributed by atoms with E-state index < -0.39 is 0 Å². The maximum atomic E-state index is 5.05. The summed E-state index contributed by atoms with van der Waals surface area (Å²) in [6, 6.07) is 1.89. The van der Waals surface area contributed by atoms with E-state index in [4.69, 9.17) is 4.74 Å². The van der Waals surface area contributed by atoms with Gasteiger partial charge in [0.15, 0.2) is 0 Å². The zero-order chi connectivity index (χ0) is 12.8. The SMILES string of the molecule is COCCn1ccnc1NCc1ccnc(C)n1. The van der Waals surface area contributed by atoms with Crippen molar-refractivity contribution in [2.75, 3.05) is 19.0 Å². The zero-order valence-electron chi connectivity index (χ0n) is 10.6. The maximum absolute atomic E-state index is 5.05. The van der Waals surface area contributed by atoms with Gasteiger partial charge in [0.1, 0.15) is 5.82 Å². The van der Waals surface area contributed by atoms with Crippen LogP contribution in [0.25, 0.3) is 0 Å². The summed E-state index contributed by atoms with van der Waals surface area (Å²) < 4.78 is 7.06. The highest BCUT2D eigenvalue weighted by atomic mass is 16.5. The van der Waals surface area contributed by atoms with E-state index in [1.54, 1.807) is 19.5 Å². The quantitative estimate of drug-likeness (QED) is 0.832. The molecule has 0 unspecified atom stereocenters. The lowest BCUT2D eigenvalue weighted by atomic mass is 10.4. The summed E-state index contributed by atoms with van der Waals surface area (Å²) in [5.41, 5.74) is 0.948. The second-order valence-electron chi connectivity index (χ2n) is 3.89. The van der Waals surface area contributed by atoms with Crippen molar-refractivity contribution in [3.8, 4) is 0 Å². The van der Waals surface area contributed by atoms with Crippen molar-refractivity contribution in [1.29, 1.82) is 0 Å². The van der Waals surface area contributed by atoms with E-state index in [0.29, 0.717) is 13.2 Å². The Kier molecular flexibility index (Phi) is 4.25. The molecule has 6 heteroatoms. The number of imidazole rings is 1. The number of nitrogens with zero attached hydrogens (tertiary/aromatic N) is 4. The van der Waals surface area contributed by atoms with Gasteiger partial charge in [0, 0.05) is 32.2 Å². The third kappa shape index (κ3) is 3.27. The molecule has 2 heterocycles. The molecule has 18 heavy (non-hydrogen) atoms. The Labute approximate surface area is 106 Å². The molecule has 6 nitrogen and oxygen atoms in total. The summed E-state index contributed by atoms with van der Waals surface area (Å²) in [6.45, 7) is 3.95. The molecule has 2 aromatic rings. The average Bonchev–Trinajstić information content (AvgIpc) is 2.81. The van der Waals surface area contributed by atoms with Gasteiger partial charge in [0.05, 0.1) is 18.8 Å². The van der Waals surface area contributed by atoms with Gasteiger partial charge in [-0.1, -0.05) is 0 Å². The van der Waals surface area contributed by atoms with E-state index in [0.717, 1.165) is 24.0 Å². The van der Waals surface area contributed by atoms with E-state index >= 15 is 0 Å². The van der Waals surface area contributed by atoms with Crippen LogP contribution in [-0.2, 0) is 17.8 Å². The minimum absolute atomic E-state index is 0.632. The molecule has 0 radical (unpaired) electrons. The van der Waals surface area contributed by atoms with Crippen LogP contribution in [0, 0.1) is 6.92 Å². The van der Waals surface area contributed by atoms with Gasteiger partial charge in [0.25, 0.3) is 0 Å². The molecular weight excluding hydrogens is 230 g/mol. The predicted octanol–water partition coefficient (Wildman–Crippen LogP) is 1.24. The topological polar surface area (TPSA) is 64.9 Å². The number of rotatable bonds is 6. The van der Waals surface area contributed by atoms with Gasteiger partial charge in [0.2, 0.25) is 5.95 Å². The molecule has 0 atom stereocenters. The van der Waals surface area contributed by atoms with Crippen LogP contribution in [-0.4, -0.2) is 33.2 Å². The standard InChI is InChI=1S/C12H17N5O/c1-10-13-4-3-11(16-10)9-15-12-14-5-6-17(12)7-8-18-2/h3-6H,7-9H2,1-2H3,(H,14,15). The number of ether oxygens (including phenoxy) is 1. The van der Waals surface area contributed by atoms with E-state index in [1.165, 1.54) is 0 Å². The summed E-state index contributed by atoms with van der Waals surface area (Å²) in [5.74, 6) is 1.60. The van der Waals surface area contributed by atoms with Gasteiger partial charge < -0.3 is 14.6 Å². The second kappa shape index (κ2) is 6.11. The van der Waals surface area contributed by atoms with Crippen LogP contribution in [0.4, 0.5) is 5.95 Å². The molecular formula is C12H17N5O. The molecule has 0 amide bonds. The van der Waals surface area contributed by atoms with E-state index in [1.807, 2.05) is 23.8 Å². The van der Waals surface area contributed by atoms with Crippen LogP contribution in [0.2, 0.25) is 0 Å². The fraction of sp³-hybridized carbons (Fsp3) is 0.417. The second-order valence-corrected chi connectivity index (χ2v) is 3.89. The third-order valence-corrected chi connectivity index (χ3v) is 2.51. The molecule has 0 saturated carbocycles. The largest absolute Gasteiger partial charge is 0.383 e. The number of aromatic nitrogens is 4. The van der Waals surface area contributed by atoms with E-state index in [9.17, 15) is 0 Å². The highest BCUT2D eigenvalue weighted by Crippen LogP contribution is 2.06. The Hall–Kier alpha value is -1.95. The van der Waals surface area contributed by atoms with E-state index in [2.05, 4.69) is 20.3 Å². The number of aryl methyl sites for hydroxylation is 1. The molecule has 1 N–H and O–H groups in total. The van der Waals surface area contributed by atoms with Crippen LogP contribution in [0.15, 0.2) is 24.7 Å². The van der Waals surface area contributed by atoms with Crippen molar-refractivity contribution in [1.82, 2.24) is 19.5 Å². The molecule has 0 aliphatic heterocycles. The highest BCUT2D eigenvalue weighted by molar-refractivity contribution is 5.27. The number of methoxy groups -OCH3 is 1. The fourth-order valence-corrected chi connectivity index (χ4v) is 1.62. The molecule has 0 spiro atoms. The van der Waals surface area contributed by atoms with Crippen LogP contribution in [0.3, 0.4) is 0 Å². The van der Waals surface area contributed by atoms with Crippen molar-refractivity contribution >= 4 is 5.95 Å². The summed E-state index contributed by atoms with van der Waals surface area (Å²) >= 11 is 0. The predicted molar refractivity (Wildman–Crippen MR) is 68.2 cm³/mol. The first-order valence-electron chi connectivity index (χ1n) is 5.82. The van der Waals surface area contributed by atoms with Crippen LogP contribution >= 0.6 is 0 Å². The van der Waals surface area contributed by atoms with Gasteiger partial charge >= 0.3 is 0 Å².